The van der Waals surface area contributed by atoms with Crippen LogP contribution in [0, 0.1) is 5.92 Å². The number of hydrogen-bond donors (Lipinski definition) is 1. The average molecular weight is 210 g/mol. The first-order valence-corrected chi connectivity index (χ1v) is 6.63. The monoisotopic (exact) mass is 210 g/mol. The molecule has 0 bridgehead atoms. The molecule has 88 valence electrons. The van der Waals surface area contributed by atoms with Crippen molar-refractivity contribution in [2.24, 2.45) is 5.92 Å². The van der Waals surface area contributed by atoms with E-state index in [0.717, 1.165) is 12.8 Å². The molecule has 1 fully saturated rings. The Balaban J connectivity index is 2.01. The van der Waals surface area contributed by atoms with Crippen LogP contribution < -0.4 is 0 Å². The van der Waals surface area contributed by atoms with Gasteiger partial charge in [0, 0.05) is 0 Å². The summed E-state index contributed by atoms with van der Waals surface area (Å²) in [6.07, 6.45) is 14.3. The predicted molar refractivity (Wildman–Crippen MR) is 65.9 cm³/mol. The molecule has 1 unspecified atom stereocenters. The Kier molecular flexibility index (Phi) is 6.74. The van der Waals surface area contributed by atoms with Gasteiger partial charge in [0.15, 0.2) is 0 Å². The van der Waals surface area contributed by atoms with E-state index in [1.54, 1.807) is 0 Å². The summed E-state index contributed by atoms with van der Waals surface area (Å²) in [5.74, 6) is 0.609. The number of allylic oxidation sites excluding steroid dienone is 1. The van der Waals surface area contributed by atoms with Crippen LogP contribution in [0.3, 0.4) is 0 Å². The van der Waals surface area contributed by atoms with Crippen molar-refractivity contribution in [3.8, 4) is 0 Å². The molecule has 0 aromatic heterocycles. The van der Waals surface area contributed by atoms with E-state index < -0.39 is 0 Å². The quantitative estimate of drug-likeness (QED) is 0.496. The first-order valence-electron chi connectivity index (χ1n) is 6.63. The summed E-state index contributed by atoms with van der Waals surface area (Å²) in [7, 11) is 0. The summed E-state index contributed by atoms with van der Waals surface area (Å²) in [5, 5.41) is 10.0. The summed E-state index contributed by atoms with van der Waals surface area (Å²) >= 11 is 0. The molecule has 0 aliphatic heterocycles. The summed E-state index contributed by atoms with van der Waals surface area (Å²) in [5.41, 5.74) is 0. The summed E-state index contributed by atoms with van der Waals surface area (Å²) < 4.78 is 0. The minimum atomic E-state index is -0.0194. The third-order valence-corrected chi connectivity index (χ3v) is 3.60. The Hall–Kier alpha value is -0.300. The van der Waals surface area contributed by atoms with Gasteiger partial charge in [0.1, 0.15) is 0 Å². The van der Waals surface area contributed by atoms with Gasteiger partial charge in [-0.05, 0) is 38.0 Å². The van der Waals surface area contributed by atoms with E-state index in [0.29, 0.717) is 5.92 Å². The van der Waals surface area contributed by atoms with Gasteiger partial charge in [0.25, 0.3) is 0 Å². The van der Waals surface area contributed by atoms with Crippen molar-refractivity contribution in [2.75, 3.05) is 0 Å². The molecule has 1 nitrogen and oxygen atoms in total. The summed E-state index contributed by atoms with van der Waals surface area (Å²) in [6, 6.07) is 0. The lowest BCUT2D eigenvalue weighted by molar-refractivity contribution is 0.0748. The topological polar surface area (TPSA) is 20.2 Å². The van der Waals surface area contributed by atoms with Crippen LogP contribution in [-0.2, 0) is 0 Å². The van der Waals surface area contributed by atoms with Gasteiger partial charge in [-0.25, -0.2) is 0 Å². The number of hydrogen-bond acceptors (Lipinski definition) is 1. The van der Waals surface area contributed by atoms with Crippen LogP contribution in [0.4, 0.5) is 0 Å². The molecule has 15 heavy (non-hydrogen) atoms. The fourth-order valence-corrected chi connectivity index (χ4v) is 2.57. The lowest BCUT2D eigenvalue weighted by atomic mass is 9.83. The molecule has 1 aliphatic rings. The minimum Gasteiger partial charge on any atom is -0.393 e. The van der Waals surface area contributed by atoms with E-state index in [4.69, 9.17) is 0 Å². The normalized spacial score (nSPS) is 20.1. The molecule has 0 saturated heterocycles. The minimum absolute atomic E-state index is 0.0194. The van der Waals surface area contributed by atoms with Crippen molar-refractivity contribution in [3.05, 3.63) is 12.7 Å². The van der Waals surface area contributed by atoms with Crippen LogP contribution in [0.15, 0.2) is 12.7 Å². The molecule has 1 N–H and O–H groups in total. The Morgan fingerprint density at radius 3 is 2.53 bits per heavy atom. The van der Waals surface area contributed by atoms with Crippen molar-refractivity contribution in [2.45, 2.75) is 70.3 Å². The molecule has 1 atom stereocenters. The maximum atomic E-state index is 10.0. The van der Waals surface area contributed by atoms with Gasteiger partial charge in [-0.15, -0.1) is 6.58 Å². The van der Waals surface area contributed by atoms with Gasteiger partial charge in [-0.1, -0.05) is 38.2 Å². The van der Waals surface area contributed by atoms with Crippen LogP contribution in [-0.4, -0.2) is 11.2 Å². The predicted octanol–water partition coefficient (Wildman–Crippen LogP) is 4.06. The highest BCUT2D eigenvalue weighted by molar-refractivity contribution is 4.73. The maximum Gasteiger partial charge on any atom is 0.0568 e. The third-order valence-electron chi connectivity index (χ3n) is 3.60. The van der Waals surface area contributed by atoms with Gasteiger partial charge >= 0.3 is 0 Å². The van der Waals surface area contributed by atoms with E-state index in [-0.39, 0.29) is 6.10 Å². The first kappa shape index (κ1) is 12.8. The number of unbranched alkanes of at least 4 members (excludes halogenated alkanes) is 3. The zero-order chi connectivity index (χ0) is 10.9. The second-order valence-electron chi connectivity index (χ2n) is 4.89. The Morgan fingerprint density at radius 1 is 1.13 bits per heavy atom. The average Bonchev–Trinajstić information content (AvgIpc) is 2.30. The highest BCUT2D eigenvalue weighted by Crippen LogP contribution is 2.28. The van der Waals surface area contributed by atoms with Crippen LogP contribution >= 0.6 is 0 Å². The van der Waals surface area contributed by atoms with E-state index in [1.165, 1.54) is 51.4 Å². The van der Waals surface area contributed by atoms with Gasteiger partial charge < -0.3 is 5.11 Å². The Labute approximate surface area is 94.6 Å². The fraction of sp³-hybridized carbons (Fsp3) is 0.857. The van der Waals surface area contributed by atoms with E-state index in [2.05, 4.69) is 6.58 Å². The lowest BCUT2D eigenvalue weighted by Gasteiger charge is -2.26. The van der Waals surface area contributed by atoms with Crippen LogP contribution in [0.1, 0.15) is 64.2 Å². The molecule has 0 radical (unpaired) electrons. The largest absolute Gasteiger partial charge is 0.393 e. The molecular weight excluding hydrogens is 184 g/mol. The van der Waals surface area contributed by atoms with Gasteiger partial charge in [-0.3, -0.25) is 0 Å². The van der Waals surface area contributed by atoms with Gasteiger partial charge in [0.05, 0.1) is 6.10 Å². The van der Waals surface area contributed by atoms with Crippen molar-refractivity contribution >= 4 is 0 Å². The highest BCUT2D eigenvalue weighted by atomic mass is 16.3. The summed E-state index contributed by atoms with van der Waals surface area (Å²) in [6.45, 7) is 3.72. The first-order chi connectivity index (χ1) is 7.34. The molecule has 0 amide bonds. The number of aliphatic hydroxyl groups is 1. The number of rotatable bonds is 7. The van der Waals surface area contributed by atoms with Crippen molar-refractivity contribution in [3.63, 3.8) is 0 Å². The molecule has 1 saturated carbocycles. The van der Waals surface area contributed by atoms with E-state index in [9.17, 15) is 5.11 Å². The highest BCUT2D eigenvalue weighted by Gasteiger charge is 2.20. The molecule has 1 heteroatoms. The van der Waals surface area contributed by atoms with Crippen molar-refractivity contribution in [1.82, 2.24) is 0 Å². The van der Waals surface area contributed by atoms with Crippen LogP contribution in [0.2, 0.25) is 0 Å². The van der Waals surface area contributed by atoms with Crippen molar-refractivity contribution < 1.29 is 5.11 Å². The van der Waals surface area contributed by atoms with Crippen LogP contribution in [0.25, 0.3) is 0 Å². The molecule has 1 rings (SSSR count). The zero-order valence-electron chi connectivity index (χ0n) is 9.96. The zero-order valence-corrected chi connectivity index (χ0v) is 9.96. The van der Waals surface area contributed by atoms with E-state index >= 15 is 0 Å². The molecular formula is C14H26O. The van der Waals surface area contributed by atoms with Gasteiger partial charge in [-0.2, -0.15) is 0 Å². The Bertz CT molecular complexity index is 159. The second-order valence-corrected chi connectivity index (χ2v) is 4.89. The standard InChI is InChI=1S/C14H26O/c1-2-3-4-5-9-12-14(15)13-10-7-6-8-11-13/h2,13-15H,1,3-12H2. The lowest BCUT2D eigenvalue weighted by Crippen LogP contribution is -2.22. The molecule has 0 aromatic carbocycles. The second kappa shape index (κ2) is 7.92. The number of aliphatic hydroxyl groups excluding tert-OH is 1. The van der Waals surface area contributed by atoms with Crippen LogP contribution in [0.5, 0.6) is 0 Å². The molecule has 1 aliphatic carbocycles. The van der Waals surface area contributed by atoms with Crippen molar-refractivity contribution in [1.29, 1.82) is 0 Å². The maximum absolute atomic E-state index is 10.0. The summed E-state index contributed by atoms with van der Waals surface area (Å²) in [4.78, 5) is 0. The molecule has 0 heterocycles. The van der Waals surface area contributed by atoms with Gasteiger partial charge in [0.2, 0.25) is 0 Å². The van der Waals surface area contributed by atoms with E-state index in [1.807, 2.05) is 6.08 Å². The smallest absolute Gasteiger partial charge is 0.0568 e. The SMILES string of the molecule is C=CCCCCCC(O)C1CCCCC1. The fourth-order valence-electron chi connectivity index (χ4n) is 2.57. The Morgan fingerprint density at radius 2 is 1.87 bits per heavy atom. The third kappa shape index (κ3) is 5.36. The molecule has 0 aromatic rings. The molecule has 0 spiro atoms.